The molecule has 0 aliphatic heterocycles. The maximum atomic E-state index is 12.2. The number of amides is 1. The maximum absolute atomic E-state index is 12.2. The van der Waals surface area contributed by atoms with Gasteiger partial charge in [-0.15, -0.1) is 11.3 Å². The number of benzene rings is 1. The lowest BCUT2D eigenvalue weighted by Gasteiger charge is -2.25. The molecular formula is C17H15NO3S. The topological polar surface area (TPSA) is 62.5 Å². The Hall–Kier alpha value is -2.37. The molecule has 0 bridgehead atoms. The fourth-order valence-corrected chi connectivity index (χ4v) is 3.05. The first-order chi connectivity index (χ1) is 10.7. The molecule has 1 unspecified atom stereocenters. The van der Waals surface area contributed by atoms with Gasteiger partial charge in [0.15, 0.2) is 5.60 Å². The Balaban J connectivity index is 1.82. The number of hydrogen-bond donors (Lipinski definition) is 2. The van der Waals surface area contributed by atoms with E-state index in [1.54, 1.807) is 36.4 Å². The Kier molecular flexibility index (Phi) is 4.09. The molecule has 22 heavy (non-hydrogen) atoms. The molecule has 0 aliphatic carbocycles. The molecule has 0 saturated carbocycles. The number of aliphatic hydroxyl groups is 1. The molecule has 1 aromatic carbocycles. The zero-order valence-corrected chi connectivity index (χ0v) is 12.5. The van der Waals surface area contributed by atoms with Gasteiger partial charge >= 0.3 is 0 Å². The minimum Gasteiger partial charge on any atom is -0.466 e. The monoisotopic (exact) mass is 313 g/mol. The number of furan rings is 1. The van der Waals surface area contributed by atoms with Crippen LogP contribution in [0.3, 0.4) is 0 Å². The van der Waals surface area contributed by atoms with Gasteiger partial charge in [-0.3, -0.25) is 4.79 Å². The van der Waals surface area contributed by atoms with E-state index in [1.165, 1.54) is 17.6 Å². The van der Waals surface area contributed by atoms with E-state index in [9.17, 15) is 9.90 Å². The van der Waals surface area contributed by atoms with Gasteiger partial charge in [0.2, 0.25) is 0 Å². The molecule has 0 fully saturated rings. The van der Waals surface area contributed by atoms with Crippen molar-refractivity contribution in [1.82, 2.24) is 5.32 Å². The largest absolute Gasteiger partial charge is 0.466 e. The van der Waals surface area contributed by atoms with Crippen LogP contribution in [0.15, 0.2) is 70.7 Å². The van der Waals surface area contributed by atoms with Gasteiger partial charge in [0.25, 0.3) is 5.91 Å². The summed E-state index contributed by atoms with van der Waals surface area (Å²) >= 11 is 1.41. The van der Waals surface area contributed by atoms with Crippen molar-refractivity contribution in [2.24, 2.45) is 0 Å². The molecule has 112 valence electrons. The van der Waals surface area contributed by atoms with Gasteiger partial charge in [-0.2, -0.15) is 0 Å². The van der Waals surface area contributed by atoms with Crippen LogP contribution in [0.2, 0.25) is 0 Å². The van der Waals surface area contributed by atoms with Gasteiger partial charge in [-0.05, 0) is 35.7 Å². The average molecular weight is 313 g/mol. The predicted molar refractivity (Wildman–Crippen MR) is 84.8 cm³/mol. The van der Waals surface area contributed by atoms with Crippen LogP contribution in [0.25, 0.3) is 0 Å². The second-order valence-electron chi connectivity index (χ2n) is 4.86. The maximum Gasteiger partial charge on any atom is 0.251 e. The van der Waals surface area contributed by atoms with E-state index in [1.807, 2.05) is 23.6 Å². The van der Waals surface area contributed by atoms with Crippen molar-refractivity contribution in [3.63, 3.8) is 0 Å². The Morgan fingerprint density at radius 1 is 1.14 bits per heavy atom. The van der Waals surface area contributed by atoms with Crippen molar-refractivity contribution in [2.45, 2.75) is 5.60 Å². The smallest absolute Gasteiger partial charge is 0.251 e. The van der Waals surface area contributed by atoms with Crippen LogP contribution >= 0.6 is 11.3 Å². The summed E-state index contributed by atoms with van der Waals surface area (Å²) in [4.78, 5) is 12.9. The van der Waals surface area contributed by atoms with Crippen LogP contribution in [0.4, 0.5) is 0 Å². The highest BCUT2D eigenvalue weighted by atomic mass is 32.1. The molecule has 5 heteroatoms. The number of carbonyl (C=O) groups excluding carboxylic acids is 1. The molecule has 0 saturated heterocycles. The first-order valence-electron chi connectivity index (χ1n) is 6.84. The van der Waals surface area contributed by atoms with Crippen molar-refractivity contribution in [1.29, 1.82) is 0 Å². The van der Waals surface area contributed by atoms with Crippen LogP contribution < -0.4 is 5.32 Å². The molecule has 2 aromatic heterocycles. The fraction of sp³-hybridized carbons (Fsp3) is 0.118. The van der Waals surface area contributed by atoms with E-state index in [2.05, 4.69) is 5.32 Å². The first-order valence-corrected chi connectivity index (χ1v) is 7.72. The van der Waals surface area contributed by atoms with Crippen LogP contribution in [0.1, 0.15) is 21.0 Å². The number of thiophene rings is 1. The van der Waals surface area contributed by atoms with Crippen molar-refractivity contribution < 1.29 is 14.3 Å². The van der Waals surface area contributed by atoms with Crippen molar-refractivity contribution in [3.8, 4) is 0 Å². The summed E-state index contributed by atoms with van der Waals surface area (Å²) in [5.74, 6) is 0.172. The molecule has 0 radical (unpaired) electrons. The third kappa shape index (κ3) is 2.81. The van der Waals surface area contributed by atoms with Gasteiger partial charge in [0, 0.05) is 10.4 Å². The second kappa shape index (κ2) is 6.17. The SMILES string of the molecule is O=C(NCC(O)(c1ccco1)c1cccs1)c1ccccc1. The van der Waals surface area contributed by atoms with E-state index >= 15 is 0 Å². The van der Waals surface area contributed by atoms with Crippen molar-refractivity contribution in [2.75, 3.05) is 6.54 Å². The van der Waals surface area contributed by atoms with Crippen LogP contribution in [0, 0.1) is 0 Å². The lowest BCUT2D eigenvalue weighted by atomic mass is 9.98. The van der Waals surface area contributed by atoms with Crippen LogP contribution in [-0.2, 0) is 5.60 Å². The standard InChI is InChI=1S/C17H15NO3S/c19-16(13-6-2-1-3-7-13)18-12-17(20,14-8-4-10-21-14)15-9-5-11-22-15/h1-11,20H,12H2,(H,18,19). The van der Waals surface area contributed by atoms with Gasteiger partial charge in [0.05, 0.1) is 12.8 Å². The second-order valence-corrected chi connectivity index (χ2v) is 5.81. The first kappa shape index (κ1) is 14.6. The zero-order chi connectivity index (χ0) is 15.4. The van der Waals surface area contributed by atoms with E-state index in [4.69, 9.17) is 4.42 Å². The number of nitrogens with one attached hydrogen (secondary N) is 1. The summed E-state index contributed by atoms with van der Waals surface area (Å²) in [6.07, 6.45) is 1.51. The Labute approximate surface area is 132 Å². The third-order valence-corrected chi connectivity index (χ3v) is 4.42. The lowest BCUT2D eigenvalue weighted by Crippen LogP contribution is -2.41. The van der Waals surface area contributed by atoms with Gasteiger partial charge in [0.1, 0.15) is 5.76 Å². The number of rotatable bonds is 5. The lowest BCUT2D eigenvalue weighted by molar-refractivity contribution is 0.0554. The molecule has 4 nitrogen and oxygen atoms in total. The summed E-state index contributed by atoms with van der Waals surface area (Å²) in [6.45, 7) is 0.0365. The number of hydrogen-bond acceptors (Lipinski definition) is 4. The Morgan fingerprint density at radius 2 is 1.95 bits per heavy atom. The summed E-state index contributed by atoms with van der Waals surface area (Å²) in [6, 6.07) is 16.0. The highest BCUT2D eigenvalue weighted by Gasteiger charge is 2.36. The molecular weight excluding hydrogens is 298 g/mol. The minimum atomic E-state index is -1.37. The summed E-state index contributed by atoms with van der Waals surface area (Å²) in [5, 5.41) is 15.7. The molecule has 0 spiro atoms. The molecule has 1 amide bonds. The van der Waals surface area contributed by atoms with Crippen LogP contribution in [0.5, 0.6) is 0 Å². The van der Waals surface area contributed by atoms with Crippen LogP contribution in [-0.4, -0.2) is 17.6 Å². The summed E-state index contributed by atoms with van der Waals surface area (Å²) < 4.78 is 5.37. The third-order valence-electron chi connectivity index (χ3n) is 3.40. The highest BCUT2D eigenvalue weighted by Crippen LogP contribution is 2.32. The van der Waals surface area contributed by atoms with E-state index in [0.717, 1.165) is 4.88 Å². The molecule has 2 N–H and O–H groups in total. The number of carbonyl (C=O) groups is 1. The molecule has 1 atom stereocenters. The van der Waals surface area contributed by atoms with Gasteiger partial charge in [-0.1, -0.05) is 24.3 Å². The zero-order valence-electron chi connectivity index (χ0n) is 11.7. The quantitative estimate of drug-likeness (QED) is 0.761. The Bertz CT molecular complexity index is 686. The van der Waals surface area contributed by atoms with E-state index in [0.29, 0.717) is 11.3 Å². The van der Waals surface area contributed by atoms with Gasteiger partial charge in [-0.25, -0.2) is 0 Å². The fourth-order valence-electron chi connectivity index (χ4n) is 2.22. The minimum absolute atomic E-state index is 0.0365. The average Bonchev–Trinajstić information content (AvgIpc) is 3.26. The van der Waals surface area contributed by atoms with E-state index in [-0.39, 0.29) is 12.5 Å². The molecule has 0 aliphatic rings. The molecule has 2 heterocycles. The summed E-state index contributed by atoms with van der Waals surface area (Å²) in [5.41, 5.74) is -0.822. The van der Waals surface area contributed by atoms with Crippen molar-refractivity contribution >= 4 is 17.2 Å². The van der Waals surface area contributed by atoms with E-state index < -0.39 is 5.60 Å². The van der Waals surface area contributed by atoms with Crippen molar-refractivity contribution in [3.05, 3.63) is 82.4 Å². The predicted octanol–water partition coefficient (Wildman–Crippen LogP) is 3.01. The normalized spacial score (nSPS) is 13.5. The highest BCUT2D eigenvalue weighted by molar-refractivity contribution is 7.10. The Morgan fingerprint density at radius 3 is 2.59 bits per heavy atom. The molecule has 3 aromatic rings. The summed E-state index contributed by atoms with van der Waals surface area (Å²) in [7, 11) is 0. The van der Waals surface area contributed by atoms with Gasteiger partial charge < -0.3 is 14.8 Å². The molecule has 3 rings (SSSR count).